The first-order chi connectivity index (χ1) is 9.61. The van der Waals surface area contributed by atoms with Crippen LogP contribution in [0.2, 0.25) is 0 Å². The average molecular weight is 300 g/mol. The Labute approximate surface area is 125 Å². The van der Waals surface area contributed by atoms with Crippen molar-refractivity contribution in [2.45, 2.75) is 46.3 Å². The summed E-state index contributed by atoms with van der Waals surface area (Å²) in [5.74, 6) is 0. The summed E-state index contributed by atoms with van der Waals surface area (Å²) in [5, 5.41) is 0. The highest BCUT2D eigenvalue weighted by Gasteiger charge is 2.40. The maximum atomic E-state index is 13.2. The molecule has 0 spiro atoms. The van der Waals surface area contributed by atoms with Crippen molar-refractivity contribution in [1.82, 2.24) is 0 Å². The van der Waals surface area contributed by atoms with Gasteiger partial charge in [-0.2, -0.15) is 13.2 Å². The van der Waals surface area contributed by atoms with Crippen LogP contribution in [0.1, 0.15) is 44.7 Å². The number of nitrogens with zero attached hydrogens (tertiary/aromatic N) is 1. The van der Waals surface area contributed by atoms with Gasteiger partial charge in [0, 0.05) is 23.8 Å². The second kappa shape index (κ2) is 5.64. The van der Waals surface area contributed by atoms with Crippen molar-refractivity contribution in [1.29, 1.82) is 0 Å². The minimum atomic E-state index is -4.26. The van der Waals surface area contributed by atoms with Crippen molar-refractivity contribution >= 4 is 0 Å². The van der Waals surface area contributed by atoms with Crippen LogP contribution in [0, 0.1) is 5.41 Å². The molecule has 4 heteroatoms. The number of alkyl halides is 3. The van der Waals surface area contributed by atoms with Gasteiger partial charge in [0.2, 0.25) is 0 Å². The second-order valence-electron chi connectivity index (χ2n) is 7.53. The van der Waals surface area contributed by atoms with Crippen LogP contribution in [0.15, 0.2) is 24.3 Å². The van der Waals surface area contributed by atoms with E-state index in [1.807, 2.05) is 0 Å². The SMILES string of the molecule is CC(C)(C)C[N+]1(Cc2ccccc2C(F)(F)F)CCCC1. The molecule has 118 valence electrons. The lowest BCUT2D eigenvalue weighted by Crippen LogP contribution is -2.49. The second-order valence-corrected chi connectivity index (χ2v) is 7.53. The zero-order chi connectivity index (χ0) is 15.7. The van der Waals surface area contributed by atoms with Gasteiger partial charge >= 0.3 is 6.18 Å². The van der Waals surface area contributed by atoms with Crippen LogP contribution in [-0.4, -0.2) is 24.1 Å². The van der Waals surface area contributed by atoms with Crippen molar-refractivity contribution in [2.75, 3.05) is 19.6 Å². The highest BCUT2D eigenvalue weighted by Crippen LogP contribution is 2.36. The Hall–Kier alpha value is -1.03. The summed E-state index contributed by atoms with van der Waals surface area (Å²) in [6, 6.07) is 6.04. The summed E-state index contributed by atoms with van der Waals surface area (Å²) in [6.45, 7) is 9.90. The van der Waals surface area contributed by atoms with Crippen LogP contribution < -0.4 is 0 Å². The molecule has 1 nitrogen and oxygen atoms in total. The quantitative estimate of drug-likeness (QED) is 0.699. The highest BCUT2D eigenvalue weighted by atomic mass is 19.4. The van der Waals surface area contributed by atoms with E-state index in [1.165, 1.54) is 12.1 Å². The number of hydrogen-bond donors (Lipinski definition) is 0. The fourth-order valence-corrected chi connectivity index (χ4v) is 3.68. The van der Waals surface area contributed by atoms with Crippen molar-refractivity contribution in [2.24, 2.45) is 5.41 Å². The van der Waals surface area contributed by atoms with E-state index in [2.05, 4.69) is 20.8 Å². The lowest BCUT2D eigenvalue weighted by atomic mass is 9.94. The first kappa shape index (κ1) is 16.3. The van der Waals surface area contributed by atoms with E-state index in [1.54, 1.807) is 12.1 Å². The Morgan fingerprint density at radius 1 is 1.00 bits per heavy atom. The average Bonchev–Trinajstić information content (AvgIpc) is 2.74. The van der Waals surface area contributed by atoms with Gasteiger partial charge in [-0.3, -0.25) is 0 Å². The summed E-state index contributed by atoms with van der Waals surface area (Å²) < 4.78 is 40.3. The molecular formula is C17H25F3N+. The summed E-state index contributed by atoms with van der Waals surface area (Å²) in [7, 11) is 0. The molecule has 1 aromatic rings. The predicted molar refractivity (Wildman–Crippen MR) is 78.7 cm³/mol. The molecule has 0 amide bonds. The third kappa shape index (κ3) is 4.22. The molecule has 21 heavy (non-hydrogen) atoms. The molecule has 0 bridgehead atoms. The zero-order valence-corrected chi connectivity index (χ0v) is 13.1. The van der Waals surface area contributed by atoms with Crippen LogP contribution >= 0.6 is 0 Å². The number of likely N-dealkylation sites (tertiary alicyclic amines) is 1. The van der Waals surface area contributed by atoms with Gasteiger partial charge in [-0.05, 0) is 6.07 Å². The molecular weight excluding hydrogens is 275 g/mol. The summed E-state index contributed by atoms with van der Waals surface area (Å²) in [6.07, 6.45) is -2.03. The monoisotopic (exact) mass is 300 g/mol. The molecule has 2 rings (SSSR count). The van der Waals surface area contributed by atoms with Gasteiger partial charge in [-0.15, -0.1) is 0 Å². The molecule has 0 saturated carbocycles. The first-order valence-electron chi connectivity index (χ1n) is 7.62. The van der Waals surface area contributed by atoms with Crippen LogP contribution in [0.3, 0.4) is 0 Å². The lowest BCUT2D eigenvalue weighted by molar-refractivity contribution is -0.935. The van der Waals surface area contributed by atoms with Gasteiger partial charge in [-0.1, -0.05) is 39.0 Å². The number of rotatable bonds is 3. The van der Waals surface area contributed by atoms with Crippen LogP contribution in [0.4, 0.5) is 13.2 Å². The molecule has 1 aliphatic rings. The van der Waals surface area contributed by atoms with Gasteiger partial charge in [0.25, 0.3) is 0 Å². The predicted octanol–water partition coefficient (Wildman–Crippen LogP) is 4.86. The smallest absolute Gasteiger partial charge is 0.319 e. The van der Waals surface area contributed by atoms with E-state index in [-0.39, 0.29) is 5.41 Å². The summed E-state index contributed by atoms with van der Waals surface area (Å²) in [4.78, 5) is 0. The van der Waals surface area contributed by atoms with E-state index in [9.17, 15) is 13.2 Å². The molecule has 0 aromatic heterocycles. The first-order valence-corrected chi connectivity index (χ1v) is 7.62. The molecule has 0 unspecified atom stereocenters. The molecule has 1 fully saturated rings. The fraction of sp³-hybridized carbons (Fsp3) is 0.647. The molecule has 1 aromatic carbocycles. The largest absolute Gasteiger partial charge is 0.416 e. The number of quaternary nitrogens is 1. The Morgan fingerprint density at radius 3 is 2.10 bits per heavy atom. The minimum absolute atomic E-state index is 0.123. The van der Waals surface area contributed by atoms with Gasteiger partial charge in [0.15, 0.2) is 0 Å². The summed E-state index contributed by atoms with van der Waals surface area (Å²) in [5.41, 5.74) is 0.0943. The Kier molecular flexibility index (Phi) is 4.39. The van der Waals surface area contributed by atoms with E-state index in [0.717, 1.165) is 37.0 Å². The van der Waals surface area contributed by atoms with E-state index in [0.29, 0.717) is 12.1 Å². The summed E-state index contributed by atoms with van der Waals surface area (Å²) >= 11 is 0. The molecule has 0 radical (unpaired) electrons. The van der Waals surface area contributed by atoms with E-state index < -0.39 is 11.7 Å². The van der Waals surface area contributed by atoms with Crippen molar-refractivity contribution in [3.8, 4) is 0 Å². The third-order valence-corrected chi connectivity index (χ3v) is 4.15. The normalized spacial score (nSPS) is 19.0. The van der Waals surface area contributed by atoms with Gasteiger partial charge in [0.1, 0.15) is 6.54 Å². The maximum absolute atomic E-state index is 13.2. The molecule has 1 heterocycles. The minimum Gasteiger partial charge on any atom is -0.319 e. The van der Waals surface area contributed by atoms with E-state index >= 15 is 0 Å². The molecule has 0 N–H and O–H groups in total. The Morgan fingerprint density at radius 2 is 1.57 bits per heavy atom. The molecule has 0 aliphatic carbocycles. The zero-order valence-electron chi connectivity index (χ0n) is 13.1. The van der Waals surface area contributed by atoms with Gasteiger partial charge in [-0.25, -0.2) is 0 Å². The van der Waals surface area contributed by atoms with Crippen molar-refractivity contribution in [3.63, 3.8) is 0 Å². The standard InChI is InChI=1S/C17H25F3N/c1-16(2,3)13-21(10-6-7-11-21)12-14-8-4-5-9-15(14)17(18,19)20/h4-5,8-9H,6-7,10-13H2,1-3H3/q+1. The van der Waals surface area contributed by atoms with E-state index in [4.69, 9.17) is 0 Å². The molecule has 1 aliphatic heterocycles. The number of benzene rings is 1. The van der Waals surface area contributed by atoms with Crippen LogP contribution in [-0.2, 0) is 12.7 Å². The van der Waals surface area contributed by atoms with Gasteiger partial charge in [0.05, 0.1) is 25.2 Å². The van der Waals surface area contributed by atoms with Crippen LogP contribution in [0.5, 0.6) is 0 Å². The van der Waals surface area contributed by atoms with Crippen molar-refractivity contribution < 1.29 is 17.7 Å². The van der Waals surface area contributed by atoms with Crippen molar-refractivity contribution in [3.05, 3.63) is 35.4 Å². The maximum Gasteiger partial charge on any atom is 0.416 e. The molecule has 1 saturated heterocycles. The molecule has 0 atom stereocenters. The third-order valence-electron chi connectivity index (χ3n) is 4.15. The fourth-order valence-electron chi connectivity index (χ4n) is 3.68. The lowest BCUT2D eigenvalue weighted by Gasteiger charge is -2.40. The van der Waals surface area contributed by atoms with Crippen LogP contribution in [0.25, 0.3) is 0 Å². The Balaban J connectivity index is 2.30. The van der Waals surface area contributed by atoms with Gasteiger partial charge < -0.3 is 4.48 Å². The highest BCUT2D eigenvalue weighted by molar-refractivity contribution is 5.29. The number of halogens is 3. The Bertz CT molecular complexity index is 480. The number of hydrogen-bond acceptors (Lipinski definition) is 0. The topological polar surface area (TPSA) is 0 Å².